The van der Waals surface area contributed by atoms with Gasteiger partial charge in [-0.2, -0.15) is 0 Å². The van der Waals surface area contributed by atoms with E-state index in [4.69, 9.17) is 5.11 Å². The van der Waals surface area contributed by atoms with Crippen LogP contribution in [0.1, 0.15) is 17.5 Å². The first kappa shape index (κ1) is 11.4. The summed E-state index contributed by atoms with van der Waals surface area (Å²) in [7, 11) is -3.38. The number of rotatable bonds is 4. The zero-order valence-electron chi connectivity index (χ0n) is 7.84. The molecule has 7 nitrogen and oxygen atoms in total. The summed E-state index contributed by atoms with van der Waals surface area (Å²) in [6, 6.07) is 0. The maximum absolute atomic E-state index is 11.1. The van der Waals surface area contributed by atoms with Crippen molar-refractivity contribution < 1.29 is 18.3 Å². The predicted molar refractivity (Wildman–Crippen MR) is 52.1 cm³/mol. The van der Waals surface area contributed by atoms with Crippen LogP contribution in [0.15, 0.2) is 12.4 Å². The average Bonchev–Trinajstić information content (AvgIpc) is 2.18. The van der Waals surface area contributed by atoms with E-state index < -0.39 is 16.0 Å². The molecule has 0 aliphatic heterocycles. The molecular formula is C7H9N3O4S. The van der Waals surface area contributed by atoms with Gasteiger partial charge in [0.25, 0.3) is 0 Å². The highest BCUT2D eigenvalue weighted by molar-refractivity contribution is 7.92. The number of hydrogen-bond donors (Lipinski definition) is 2. The van der Waals surface area contributed by atoms with Gasteiger partial charge in [-0.3, -0.25) is 4.72 Å². The lowest BCUT2D eigenvalue weighted by atomic mass is 10.5. The lowest BCUT2D eigenvalue weighted by molar-refractivity contribution is 0.0683. The van der Waals surface area contributed by atoms with Crippen molar-refractivity contribution in [2.45, 2.75) is 6.92 Å². The minimum Gasteiger partial charge on any atom is -0.475 e. The molecule has 0 aliphatic carbocycles. The molecule has 0 atom stereocenters. The minimum absolute atomic E-state index is 0.0757. The second-order valence-corrected chi connectivity index (χ2v) is 4.62. The Morgan fingerprint density at radius 1 is 1.47 bits per heavy atom. The van der Waals surface area contributed by atoms with E-state index in [0.29, 0.717) is 0 Å². The number of carboxylic acid groups (broad SMARTS) is 1. The van der Waals surface area contributed by atoms with E-state index in [0.717, 1.165) is 12.4 Å². The molecule has 0 spiro atoms. The number of nitrogens with zero attached hydrogens (tertiary/aromatic N) is 2. The number of hydrogen-bond acceptors (Lipinski definition) is 5. The third kappa shape index (κ3) is 3.17. The molecule has 2 N–H and O–H groups in total. The summed E-state index contributed by atoms with van der Waals surface area (Å²) in [6.45, 7) is 1.48. The first-order valence-electron chi connectivity index (χ1n) is 4.00. The topological polar surface area (TPSA) is 109 Å². The number of aromatic nitrogens is 2. The molecule has 8 heteroatoms. The van der Waals surface area contributed by atoms with Gasteiger partial charge in [0.2, 0.25) is 15.8 Å². The molecule has 0 saturated heterocycles. The highest BCUT2D eigenvalue weighted by Crippen LogP contribution is 2.05. The van der Waals surface area contributed by atoms with Crippen LogP contribution in [0, 0.1) is 0 Å². The van der Waals surface area contributed by atoms with Crippen molar-refractivity contribution >= 4 is 21.7 Å². The predicted octanol–water partition coefficient (Wildman–Crippen LogP) is -0.0636. The van der Waals surface area contributed by atoms with Crippen molar-refractivity contribution in [1.82, 2.24) is 9.97 Å². The van der Waals surface area contributed by atoms with Gasteiger partial charge in [0.1, 0.15) is 0 Å². The highest BCUT2D eigenvalue weighted by Gasteiger charge is 2.09. The monoisotopic (exact) mass is 231 g/mol. The van der Waals surface area contributed by atoms with Gasteiger partial charge in [-0.15, -0.1) is 0 Å². The lowest BCUT2D eigenvalue weighted by Gasteiger charge is -2.04. The van der Waals surface area contributed by atoms with Crippen molar-refractivity contribution in [3.05, 3.63) is 18.2 Å². The molecule has 1 heterocycles. The number of aromatic carboxylic acids is 1. The molecule has 82 valence electrons. The smallest absolute Gasteiger partial charge is 0.373 e. The second-order valence-electron chi connectivity index (χ2n) is 2.61. The summed E-state index contributed by atoms with van der Waals surface area (Å²) in [5.41, 5.74) is 0.141. The number of anilines is 1. The van der Waals surface area contributed by atoms with Crippen molar-refractivity contribution in [3.63, 3.8) is 0 Å². The third-order valence-corrected chi connectivity index (χ3v) is 2.80. The van der Waals surface area contributed by atoms with Crippen LogP contribution in [0.3, 0.4) is 0 Å². The molecule has 0 unspecified atom stereocenters. The molecule has 0 fully saturated rings. The van der Waals surface area contributed by atoms with Gasteiger partial charge in [-0.25, -0.2) is 23.2 Å². The van der Waals surface area contributed by atoms with Crippen molar-refractivity contribution in [2.24, 2.45) is 0 Å². The average molecular weight is 231 g/mol. The Labute approximate surface area is 86.2 Å². The summed E-state index contributed by atoms with van der Waals surface area (Å²) in [4.78, 5) is 17.3. The third-order valence-electron chi connectivity index (χ3n) is 1.50. The van der Waals surface area contributed by atoms with Crippen LogP contribution in [-0.2, 0) is 10.0 Å². The quantitative estimate of drug-likeness (QED) is 0.751. The largest absolute Gasteiger partial charge is 0.475 e. The van der Waals surface area contributed by atoms with Gasteiger partial charge in [-0.05, 0) is 6.92 Å². The maximum Gasteiger partial charge on any atom is 0.373 e. The number of sulfonamides is 1. The van der Waals surface area contributed by atoms with E-state index in [-0.39, 0.29) is 17.3 Å². The Bertz CT molecular complexity index is 454. The fourth-order valence-electron chi connectivity index (χ4n) is 0.743. The van der Waals surface area contributed by atoms with Crippen molar-refractivity contribution in [2.75, 3.05) is 10.5 Å². The molecule has 0 radical (unpaired) electrons. The van der Waals surface area contributed by atoms with Crippen LogP contribution < -0.4 is 4.72 Å². The van der Waals surface area contributed by atoms with Crippen LogP contribution in [0.25, 0.3) is 0 Å². The molecular weight excluding hydrogens is 222 g/mol. The van der Waals surface area contributed by atoms with Crippen LogP contribution in [0.2, 0.25) is 0 Å². The summed E-state index contributed by atoms with van der Waals surface area (Å²) in [6.07, 6.45) is 2.20. The Morgan fingerprint density at radius 2 is 2.00 bits per heavy atom. The Hall–Kier alpha value is -1.70. The number of carbonyl (C=O) groups is 1. The van der Waals surface area contributed by atoms with Crippen LogP contribution >= 0.6 is 0 Å². The molecule has 1 rings (SSSR count). The zero-order valence-corrected chi connectivity index (χ0v) is 8.65. The fourth-order valence-corrected chi connectivity index (χ4v) is 1.35. The van der Waals surface area contributed by atoms with Crippen molar-refractivity contribution in [3.8, 4) is 0 Å². The molecule has 1 aromatic rings. The lowest BCUT2D eigenvalue weighted by Crippen LogP contribution is -2.15. The summed E-state index contributed by atoms with van der Waals surface area (Å²) in [5, 5.41) is 8.49. The van der Waals surface area contributed by atoms with E-state index in [2.05, 4.69) is 14.7 Å². The van der Waals surface area contributed by atoms with Gasteiger partial charge in [0.05, 0.1) is 23.8 Å². The summed E-state index contributed by atoms with van der Waals surface area (Å²) < 4.78 is 24.4. The Balaban J connectivity index is 2.86. The number of nitrogens with one attached hydrogen (secondary N) is 1. The van der Waals surface area contributed by atoms with Crippen LogP contribution in [0.4, 0.5) is 5.69 Å². The van der Waals surface area contributed by atoms with E-state index in [1.807, 2.05) is 0 Å². The molecule has 0 aliphatic rings. The van der Waals surface area contributed by atoms with E-state index in [9.17, 15) is 13.2 Å². The standard InChI is InChI=1S/C7H9N3O4S/c1-2-15(13,14)10-5-3-8-6(7(11)12)9-4-5/h3-4,10H,2H2,1H3,(H,11,12). The second kappa shape index (κ2) is 4.22. The highest BCUT2D eigenvalue weighted by atomic mass is 32.2. The van der Waals surface area contributed by atoms with Gasteiger partial charge < -0.3 is 5.11 Å². The minimum atomic E-state index is -3.38. The molecule has 1 aromatic heterocycles. The normalized spacial score (nSPS) is 11.0. The first-order valence-corrected chi connectivity index (χ1v) is 5.65. The Morgan fingerprint density at radius 3 is 2.40 bits per heavy atom. The van der Waals surface area contributed by atoms with Gasteiger partial charge in [-0.1, -0.05) is 0 Å². The first-order chi connectivity index (χ1) is 6.94. The molecule has 0 amide bonds. The molecule has 0 aromatic carbocycles. The van der Waals surface area contributed by atoms with Crippen LogP contribution in [-0.4, -0.2) is 35.2 Å². The SMILES string of the molecule is CCS(=O)(=O)Nc1cnc(C(=O)O)nc1. The molecule has 0 saturated carbocycles. The van der Waals surface area contributed by atoms with Crippen LogP contribution in [0.5, 0.6) is 0 Å². The van der Waals surface area contributed by atoms with Crippen molar-refractivity contribution in [1.29, 1.82) is 0 Å². The van der Waals surface area contributed by atoms with E-state index in [1.165, 1.54) is 6.92 Å². The fraction of sp³-hybridized carbons (Fsp3) is 0.286. The van der Waals surface area contributed by atoms with E-state index in [1.54, 1.807) is 0 Å². The molecule has 15 heavy (non-hydrogen) atoms. The van der Waals surface area contributed by atoms with E-state index >= 15 is 0 Å². The summed E-state index contributed by atoms with van der Waals surface area (Å²) >= 11 is 0. The Kier molecular flexibility index (Phi) is 3.20. The number of carboxylic acids is 1. The van der Waals surface area contributed by atoms with Gasteiger partial charge >= 0.3 is 5.97 Å². The van der Waals surface area contributed by atoms with Gasteiger partial charge in [0, 0.05) is 0 Å². The molecule has 0 bridgehead atoms. The summed E-state index contributed by atoms with van der Waals surface area (Å²) in [5.74, 6) is -1.72. The maximum atomic E-state index is 11.1. The van der Waals surface area contributed by atoms with Gasteiger partial charge in [0.15, 0.2) is 0 Å². The zero-order chi connectivity index (χ0) is 11.5.